The van der Waals surface area contributed by atoms with Crippen molar-refractivity contribution in [2.24, 2.45) is 0 Å². The zero-order valence-electron chi connectivity index (χ0n) is 15.0. The molecule has 26 heavy (non-hydrogen) atoms. The van der Waals surface area contributed by atoms with Crippen molar-refractivity contribution in [2.45, 2.75) is 13.8 Å². The Hall–Kier alpha value is -3.35. The van der Waals surface area contributed by atoms with Crippen LogP contribution < -0.4 is 21.3 Å². The summed E-state index contributed by atoms with van der Waals surface area (Å²) in [7, 11) is 1.52. The minimum atomic E-state index is -0.338. The molecular weight excluding hydrogens is 332 g/mol. The molecule has 4 N–H and O–H groups in total. The van der Waals surface area contributed by atoms with Crippen LogP contribution in [0.2, 0.25) is 0 Å². The second-order valence-electron chi connectivity index (χ2n) is 5.89. The van der Waals surface area contributed by atoms with Gasteiger partial charge in [-0.25, -0.2) is 4.79 Å². The van der Waals surface area contributed by atoms with E-state index in [0.717, 1.165) is 11.1 Å². The molecule has 0 aliphatic carbocycles. The molecule has 2 rings (SSSR count). The molecule has 2 aromatic carbocycles. The molecule has 0 bridgehead atoms. The van der Waals surface area contributed by atoms with Gasteiger partial charge in [-0.1, -0.05) is 17.2 Å². The van der Waals surface area contributed by atoms with Crippen molar-refractivity contribution in [1.82, 2.24) is 10.6 Å². The number of carbonyl (C=O) groups excluding carboxylic acids is 3. The Balaban J connectivity index is 1.86. The summed E-state index contributed by atoms with van der Waals surface area (Å²) in [5, 5.41) is 10.4. The molecule has 7 nitrogen and oxygen atoms in total. The molecule has 0 aromatic heterocycles. The Morgan fingerprint density at radius 1 is 0.846 bits per heavy atom. The summed E-state index contributed by atoms with van der Waals surface area (Å²) in [5.41, 5.74) is 3.68. The number of aryl methyl sites for hydroxylation is 2. The van der Waals surface area contributed by atoms with Crippen LogP contribution in [0.1, 0.15) is 21.5 Å². The Labute approximate surface area is 152 Å². The van der Waals surface area contributed by atoms with Gasteiger partial charge in [-0.15, -0.1) is 0 Å². The van der Waals surface area contributed by atoms with Crippen LogP contribution in [0.15, 0.2) is 42.5 Å². The molecule has 0 radical (unpaired) electrons. The third-order valence-corrected chi connectivity index (χ3v) is 3.55. The van der Waals surface area contributed by atoms with Crippen molar-refractivity contribution >= 4 is 29.2 Å². The minimum absolute atomic E-state index is 0.135. The fraction of sp³-hybridized carbons (Fsp3) is 0.211. The quantitative estimate of drug-likeness (QED) is 0.663. The Morgan fingerprint density at radius 3 is 1.92 bits per heavy atom. The van der Waals surface area contributed by atoms with Crippen molar-refractivity contribution < 1.29 is 14.4 Å². The lowest BCUT2D eigenvalue weighted by atomic mass is 10.1. The van der Waals surface area contributed by atoms with Crippen LogP contribution in [-0.2, 0) is 4.79 Å². The van der Waals surface area contributed by atoms with Gasteiger partial charge in [0.05, 0.1) is 6.54 Å². The van der Waals surface area contributed by atoms with Crippen LogP contribution in [0.25, 0.3) is 0 Å². The van der Waals surface area contributed by atoms with Crippen LogP contribution in [0.3, 0.4) is 0 Å². The number of hydrogen-bond acceptors (Lipinski definition) is 3. The van der Waals surface area contributed by atoms with Crippen molar-refractivity contribution in [2.75, 3.05) is 24.2 Å². The van der Waals surface area contributed by atoms with Gasteiger partial charge in [-0.05, 0) is 50.2 Å². The number of anilines is 2. The Kier molecular flexibility index (Phi) is 6.32. The van der Waals surface area contributed by atoms with Gasteiger partial charge in [0.15, 0.2) is 0 Å². The zero-order valence-corrected chi connectivity index (χ0v) is 15.0. The molecule has 0 spiro atoms. The Morgan fingerprint density at radius 2 is 1.38 bits per heavy atom. The van der Waals surface area contributed by atoms with Crippen molar-refractivity contribution in [1.29, 1.82) is 0 Å². The maximum absolute atomic E-state index is 12.1. The zero-order chi connectivity index (χ0) is 19.1. The average Bonchev–Trinajstić information content (AvgIpc) is 2.60. The van der Waals surface area contributed by atoms with E-state index in [9.17, 15) is 14.4 Å². The highest BCUT2D eigenvalue weighted by atomic mass is 16.2. The maximum Gasteiger partial charge on any atom is 0.318 e. The number of nitrogens with one attached hydrogen (secondary N) is 4. The van der Waals surface area contributed by atoms with Crippen molar-refractivity contribution in [3.8, 4) is 0 Å². The van der Waals surface area contributed by atoms with Gasteiger partial charge in [0, 0.05) is 24.0 Å². The average molecular weight is 354 g/mol. The number of urea groups is 1. The lowest BCUT2D eigenvalue weighted by molar-refractivity contribution is -0.115. The fourth-order valence-electron chi connectivity index (χ4n) is 2.40. The highest BCUT2D eigenvalue weighted by Gasteiger charge is 2.09. The maximum atomic E-state index is 12.1. The van der Waals surface area contributed by atoms with Gasteiger partial charge >= 0.3 is 6.03 Å². The second-order valence-corrected chi connectivity index (χ2v) is 5.89. The van der Waals surface area contributed by atoms with Crippen LogP contribution in [-0.4, -0.2) is 31.4 Å². The molecule has 2 aromatic rings. The summed E-state index contributed by atoms with van der Waals surface area (Å²) in [6, 6.07) is 11.9. The van der Waals surface area contributed by atoms with E-state index in [2.05, 4.69) is 21.3 Å². The van der Waals surface area contributed by atoms with Gasteiger partial charge in [-0.3, -0.25) is 9.59 Å². The van der Waals surface area contributed by atoms with E-state index >= 15 is 0 Å². The van der Waals surface area contributed by atoms with E-state index in [-0.39, 0.29) is 24.4 Å². The van der Waals surface area contributed by atoms with Crippen LogP contribution in [0.4, 0.5) is 16.2 Å². The number of rotatable bonds is 5. The van der Waals surface area contributed by atoms with Gasteiger partial charge in [0.2, 0.25) is 5.91 Å². The van der Waals surface area contributed by atoms with Crippen LogP contribution in [0.5, 0.6) is 0 Å². The first kappa shape index (κ1) is 19.0. The summed E-state index contributed by atoms with van der Waals surface area (Å²) in [4.78, 5) is 35.3. The molecule has 4 amide bonds. The number of benzene rings is 2. The van der Waals surface area contributed by atoms with Crippen LogP contribution >= 0.6 is 0 Å². The van der Waals surface area contributed by atoms with E-state index in [0.29, 0.717) is 16.9 Å². The normalized spacial score (nSPS) is 9.96. The van der Waals surface area contributed by atoms with Crippen molar-refractivity contribution in [3.63, 3.8) is 0 Å². The van der Waals surface area contributed by atoms with Gasteiger partial charge in [0.25, 0.3) is 5.91 Å². The highest BCUT2D eigenvalue weighted by Crippen LogP contribution is 2.13. The predicted octanol–water partition coefficient (Wildman–Crippen LogP) is 2.42. The Bertz CT molecular complexity index is 796. The molecule has 7 heteroatoms. The molecule has 0 heterocycles. The van der Waals surface area contributed by atoms with E-state index in [1.165, 1.54) is 7.05 Å². The molecule has 0 fully saturated rings. The summed E-state index contributed by atoms with van der Waals surface area (Å²) < 4.78 is 0. The smallest absolute Gasteiger partial charge is 0.318 e. The van der Waals surface area contributed by atoms with E-state index in [4.69, 9.17) is 0 Å². The van der Waals surface area contributed by atoms with Gasteiger partial charge in [0.1, 0.15) is 0 Å². The number of carbonyl (C=O) groups is 3. The molecule has 136 valence electrons. The number of amides is 4. The van der Waals surface area contributed by atoms with E-state index in [1.54, 1.807) is 36.4 Å². The lowest BCUT2D eigenvalue weighted by Crippen LogP contribution is -2.32. The third-order valence-electron chi connectivity index (χ3n) is 3.55. The predicted molar refractivity (Wildman–Crippen MR) is 101 cm³/mol. The fourth-order valence-corrected chi connectivity index (χ4v) is 2.40. The van der Waals surface area contributed by atoms with E-state index < -0.39 is 0 Å². The first-order valence-corrected chi connectivity index (χ1v) is 8.12. The van der Waals surface area contributed by atoms with Crippen molar-refractivity contribution in [3.05, 3.63) is 59.2 Å². The molecule has 0 atom stereocenters. The molecule has 0 aliphatic rings. The number of hydrogen-bond donors (Lipinski definition) is 4. The molecule has 0 aliphatic heterocycles. The highest BCUT2D eigenvalue weighted by molar-refractivity contribution is 5.99. The first-order chi connectivity index (χ1) is 12.4. The summed E-state index contributed by atoms with van der Waals surface area (Å²) in [5.74, 6) is -0.633. The van der Waals surface area contributed by atoms with Gasteiger partial charge < -0.3 is 21.3 Å². The SMILES string of the molecule is CNC(=O)Nc1ccc(NC(=O)CNC(=O)c2cc(C)cc(C)c2)cc1. The third kappa shape index (κ3) is 5.62. The summed E-state index contributed by atoms with van der Waals surface area (Å²) >= 11 is 0. The largest absolute Gasteiger partial charge is 0.343 e. The lowest BCUT2D eigenvalue weighted by Gasteiger charge is -2.09. The molecule has 0 unspecified atom stereocenters. The van der Waals surface area contributed by atoms with Crippen LogP contribution in [0, 0.1) is 13.8 Å². The topological polar surface area (TPSA) is 99.3 Å². The summed E-state index contributed by atoms with van der Waals surface area (Å²) in [6.45, 7) is 3.70. The molecular formula is C19H22N4O3. The summed E-state index contributed by atoms with van der Waals surface area (Å²) in [6.07, 6.45) is 0. The standard InChI is InChI=1S/C19H22N4O3/c1-12-8-13(2)10-14(9-12)18(25)21-11-17(24)22-15-4-6-16(7-5-15)23-19(26)20-3/h4-10H,11H2,1-3H3,(H,21,25)(H,22,24)(H2,20,23,26). The van der Waals surface area contributed by atoms with Gasteiger partial charge in [-0.2, -0.15) is 0 Å². The van der Waals surface area contributed by atoms with E-state index in [1.807, 2.05) is 19.9 Å². The minimum Gasteiger partial charge on any atom is -0.343 e. The first-order valence-electron chi connectivity index (χ1n) is 8.12. The second kappa shape index (κ2) is 8.66. The molecule has 0 saturated heterocycles. The molecule has 0 saturated carbocycles. The monoisotopic (exact) mass is 354 g/mol.